The number of hydrazone groups is 1. The van der Waals surface area contributed by atoms with Crippen LogP contribution in [0.1, 0.15) is 12.5 Å². The predicted octanol–water partition coefficient (Wildman–Crippen LogP) is 2.55. The molecule has 18 heavy (non-hydrogen) atoms. The van der Waals surface area contributed by atoms with Crippen LogP contribution in [0.2, 0.25) is 5.15 Å². The Kier molecular flexibility index (Phi) is 3.74. The number of halogens is 1. The summed E-state index contributed by atoms with van der Waals surface area (Å²) in [7, 11) is 0. The van der Waals surface area contributed by atoms with Crippen molar-refractivity contribution in [1.82, 2.24) is 9.97 Å². The van der Waals surface area contributed by atoms with Crippen LogP contribution in [0.3, 0.4) is 0 Å². The van der Waals surface area contributed by atoms with Gasteiger partial charge in [-0.25, -0.2) is 5.43 Å². The average Bonchev–Trinajstić information content (AvgIpc) is 2.36. The fourth-order valence-corrected chi connectivity index (χ4v) is 1.55. The fraction of sp³-hybridized carbons (Fsp3) is 0.0833. The van der Waals surface area contributed by atoms with Gasteiger partial charge in [0.05, 0.1) is 5.71 Å². The van der Waals surface area contributed by atoms with Gasteiger partial charge in [-0.15, -0.1) is 0 Å². The standard InChI is InChI=1S/C12H12ClN5/c1-8(9-5-3-2-4-6-9)17-18-12-15-10(13)7-11(14)16-12/h2-7H,1H3,(H3,14,15,16,18)/b17-8-. The largest absolute Gasteiger partial charge is 0.383 e. The first kappa shape index (κ1) is 12.3. The zero-order chi connectivity index (χ0) is 13.0. The molecule has 0 saturated carbocycles. The van der Waals surface area contributed by atoms with Crippen molar-refractivity contribution >= 4 is 29.1 Å². The lowest BCUT2D eigenvalue weighted by Gasteiger charge is -2.03. The van der Waals surface area contributed by atoms with E-state index in [-0.39, 0.29) is 11.1 Å². The van der Waals surface area contributed by atoms with Gasteiger partial charge >= 0.3 is 0 Å². The van der Waals surface area contributed by atoms with Crippen LogP contribution < -0.4 is 11.2 Å². The molecule has 0 aliphatic rings. The molecule has 0 aliphatic carbocycles. The molecule has 0 bridgehead atoms. The normalized spacial score (nSPS) is 11.3. The lowest BCUT2D eigenvalue weighted by Crippen LogP contribution is -2.03. The maximum Gasteiger partial charge on any atom is 0.246 e. The highest BCUT2D eigenvalue weighted by Crippen LogP contribution is 2.11. The van der Waals surface area contributed by atoms with Crippen molar-refractivity contribution in [3.8, 4) is 0 Å². The quantitative estimate of drug-likeness (QED) is 0.506. The number of benzene rings is 1. The molecule has 1 aromatic carbocycles. The third-order valence-electron chi connectivity index (χ3n) is 2.23. The molecule has 2 rings (SSSR count). The van der Waals surface area contributed by atoms with E-state index in [4.69, 9.17) is 17.3 Å². The topological polar surface area (TPSA) is 76.2 Å². The minimum Gasteiger partial charge on any atom is -0.383 e. The van der Waals surface area contributed by atoms with Gasteiger partial charge in [-0.3, -0.25) is 0 Å². The van der Waals surface area contributed by atoms with Crippen molar-refractivity contribution < 1.29 is 0 Å². The summed E-state index contributed by atoms with van der Waals surface area (Å²) in [5.41, 5.74) is 10.1. The second kappa shape index (κ2) is 5.46. The van der Waals surface area contributed by atoms with E-state index < -0.39 is 0 Å². The molecule has 0 radical (unpaired) electrons. The second-order valence-electron chi connectivity index (χ2n) is 3.61. The summed E-state index contributed by atoms with van der Waals surface area (Å²) in [5.74, 6) is 0.570. The van der Waals surface area contributed by atoms with Gasteiger partial charge in [-0.1, -0.05) is 41.9 Å². The number of rotatable bonds is 3. The molecule has 0 unspecified atom stereocenters. The highest BCUT2D eigenvalue weighted by Gasteiger charge is 2.00. The van der Waals surface area contributed by atoms with Gasteiger partial charge in [-0.05, 0) is 12.5 Å². The molecule has 2 aromatic rings. The molecule has 1 aromatic heterocycles. The molecular weight excluding hydrogens is 250 g/mol. The van der Waals surface area contributed by atoms with E-state index in [1.54, 1.807) is 0 Å². The van der Waals surface area contributed by atoms with Crippen molar-refractivity contribution in [2.75, 3.05) is 11.2 Å². The van der Waals surface area contributed by atoms with E-state index in [1.807, 2.05) is 37.3 Å². The number of hydrogen-bond acceptors (Lipinski definition) is 5. The van der Waals surface area contributed by atoms with E-state index in [0.29, 0.717) is 5.82 Å². The van der Waals surface area contributed by atoms with E-state index in [9.17, 15) is 0 Å². The zero-order valence-corrected chi connectivity index (χ0v) is 10.5. The van der Waals surface area contributed by atoms with Crippen LogP contribution in [-0.2, 0) is 0 Å². The summed E-state index contributed by atoms with van der Waals surface area (Å²) in [6, 6.07) is 11.2. The Balaban J connectivity index is 2.15. The predicted molar refractivity (Wildman–Crippen MR) is 73.7 cm³/mol. The third kappa shape index (κ3) is 3.18. The molecular formula is C12H12ClN5. The van der Waals surface area contributed by atoms with E-state index in [2.05, 4.69) is 20.5 Å². The molecule has 0 spiro atoms. The number of hydrogen-bond donors (Lipinski definition) is 2. The zero-order valence-electron chi connectivity index (χ0n) is 9.76. The number of aromatic nitrogens is 2. The summed E-state index contributed by atoms with van der Waals surface area (Å²) in [6.07, 6.45) is 0. The van der Waals surface area contributed by atoms with E-state index >= 15 is 0 Å². The first-order valence-electron chi connectivity index (χ1n) is 5.31. The van der Waals surface area contributed by atoms with Gasteiger partial charge in [0.2, 0.25) is 5.95 Å². The van der Waals surface area contributed by atoms with Crippen LogP contribution in [0.5, 0.6) is 0 Å². The number of nitrogens with zero attached hydrogens (tertiary/aromatic N) is 3. The Labute approximate surface area is 110 Å². The first-order valence-corrected chi connectivity index (χ1v) is 5.69. The summed E-state index contributed by atoms with van der Waals surface area (Å²) in [6.45, 7) is 1.89. The Morgan fingerprint density at radius 2 is 2.00 bits per heavy atom. The van der Waals surface area contributed by atoms with Crippen LogP contribution in [0.15, 0.2) is 41.5 Å². The number of nitrogens with two attached hydrogens (primary N) is 1. The molecule has 0 atom stereocenters. The van der Waals surface area contributed by atoms with Gasteiger partial charge in [0, 0.05) is 6.07 Å². The second-order valence-corrected chi connectivity index (χ2v) is 4.00. The van der Waals surface area contributed by atoms with Gasteiger partial charge in [0.1, 0.15) is 11.0 Å². The maximum atomic E-state index is 5.76. The van der Waals surface area contributed by atoms with Crippen molar-refractivity contribution in [2.24, 2.45) is 5.10 Å². The van der Waals surface area contributed by atoms with Gasteiger partial charge in [0.15, 0.2) is 0 Å². The lowest BCUT2D eigenvalue weighted by molar-refractivity contribution is 1.12. The monoisotopic (exact) mass is 261 g/mol. The molecule has 6 heteroatoms. The van der Waals surface area contributed by atoms with Crippen LogP contribution in [-0.4, -0.2) is 15.7 Å². The molecule has 5 nitrogen and oxygen atoms in total. The minimum atomic E-state index is 0.273. The van der Waals surface area contributed by atoms with Crippen molar-refractivity contribution in [2.45, 2.75) is 6.92 Å². The summed E-state index contributed by atoms with van der Waals surface area (Å²) in [4.78, 5) is 7.92. The van der Waals surface area contributed by atoms with E-state index in [1.165, 1.54) is 6.07 Å². The number of nitrogen functional groups attached to an aromatic ring is 1. The number of anilines is 2. The highest BCUT2D eigenvalue weighted by molar-refractivity contribution is 6.29. The van der Waals surface area contributed by atoms with Crippen molar-refractivity contribution in [3.63, 3.8) is 0 Å². The smallest absolute Gasteiger partial charge is 0.246 e. The SMILES string of the molecule is C/C(=N/Nc1nc(N)cc(Cl)n1)c1ccccc1. The molecule has 0 amide bonds. The van der Waals surface area contributed by atoms with Crippen molar-refractivity contribution in [3.05, 3.63) is 47.1 Å². The molecule has 92 valence electrons. The molecule has 0 saturated heterocycles. The molecule has 0 aliphatic heterocycles. The minimum absolute atomic E-state index is 0.273. The lowest BCUT2D eigenvalue weighted by atomic mass is 10.1. The van der Waals surface area contributed by atoms with E-state index in [0.717, 1.165) is 11.3 Å². The number of nitrogens with one attached hydrogen (secondary N) is 1. The summed E-state index contributed by atoms with van der Waals surface area (Å²) >= 11 is 5.76. The van der Waals surface area contributed by atoms with Crippen LogP contribution in [0.4, 0.5) is 11.8 Å². The van der Waals surface area contributed by atoms with Gasteiger partial charge in [0.25, 0.3) is 0 Å². The Morgan fingerprint density at radius 1 is 1.28 bits per heavy atom. The molecule has 1 heterocycles. The third-order valence-corrected chi connectivity index (χ3v) is 2.42. The fourth-order valence-electron chi connectivity index (χ4n) is 1.36. The summed E-state index contributed by atoms with van der Waals surface area (Å²) in [5, 5.41) is 4.45. The molecule has 3 N–H and O–H groups in total. The Hall–Kier alpha value is -2.14. The van der Waals surface area contributed by atoms with Crippen LogP contribution in [0.25, 0.3) is 0 Å². The molecule has 0 fully saturated rings. The first-order chi connectivity index (χ1) is 8.65. The van der Waals surface area contributed by atoms with Crippen molar-refractivity contribution in [1.29, 1.82) is 0 Å². The van der Waals surface area contributed by atoms with Gasteiger partial charge in [-0.2, -0.15) is 15.1 Å². The highest BCUT2D eigenvalue weighted by atomic mass is 35.5. The summed E-state index contributed by atoms with van der Waals surface area (Å²) < 4.78 is 0. The van der Waals surface area contributed by atoms with Gasteiger partial charge < -0.3 is 5.73 Å². The van der Waals surface area contributed by atoms with Crippen LogP contribution >= 0.6 is 11.6 Å². The Bertz CT molecular complexity index is 548. The van der Waals surface area contributed by atoms with Crippen LogP contribution in [0, 0.1) is 0 Å². The maximum absolute atomic E-state index is 5.76. The Morgan fingerprint density at radius 3 is 2.67 bits per heavy atom. The average molecular weight is 262 g/mol.